The van der Waals surface area contributed by atoms with E-state index >= 15 is 0 Å². The predicted octanol–water partition coefficient (Wildman–Crippen LogP) is -0.236. The van der Waals surface area contributed by atoms with Crippen LogP contribution in [0.3, 0.4) is 0 Å². The molecule has 0 aliphatic carbocycles. The molecule has 1 aliphatic rings. The number of aliphatic hydroxyl groups is 4. The number of rotatable bonds is 5. The van der Waals surface area contributed by atoms with Gasteiger partial charge in [-0.15, -0.1) is 0 Å². The Morgan fingerprint density at radius 1 is 0.941 bits per heavy atom. The lowest BCUT2D eigenvalue weighted by molar-refractivity contribution is -0.277. The summed E-state index contributed by atoms with van der Waals surface area (Å²) >= 11 is 0. The molecule has 0 radical (unpaired) electrons. The smallest absolute Gasteiger partial charge is 0.238 e. The van der Waals surface area contributed by atoms with Gasteiger partial charge in [0.15, 0.2) is 17.3 Å². The molecule has 182 valence electrons. The zero-order valence-corrected chi connectivity index (χ0v) is 17.7. The van der Waals surface area contributed by atoms with Crippen LogP contribution >= 0.6 is 0 Å². The van der Waals surface area contributed by atoms with Crippen molar-refractivity contribution in [3.05, 3.63) is 40.6 Å². The second-order valence-electron chi connectivity index (χ2n) is 7.60. The van der Waals surface area contributed by atoms with Gasteiger partial charge >= 0.3 is 0 Å². The molecule has 5 unspecified atom stereocenters. The van der Waals surface area contributed by atoms with E-state index in [1.54, 1.807) is 12.1 Å². The van der Waals surface area contributed by atoms with Crippen molar-refractivity contribution in [1.82, 2.24) is 0 Å². The lowest BCUT2D eigenvalue weighted by atomic mass is 9.99. The molecule has 7 N–H and O–H groups in total. The first-order valence-electron chi connectivity index (χ1n) is 10.0. The molecule has 1 aromatic heterocycles. The van der Waals surface area contributed by atoms with Gasteiger partial charge in [-0.3, -0.25) is 4.79 Å². The molecule has 34 heavy (non-hydrogen) atoms. The molecule has 3 aromatic rings. The third-order valence-corrected chi connectivity index (χ3v) is 5.52. The molecular weight excluding hydrogens is 456 g/mol. The molecule has 1 saturated heterocycles. The number of phenolic OH excluding ortho intramolecular Hbond substituents is 2. The highest BCUT2D eigenvalue weighted by atomic mass is 16.7. The van der Waals surface area contributed by atoms with E-state index in [0.29, 0.717) is 11.3 Å². The number of hydrogen-bond donors (Lipinski definition) is 7. The highest BCUT2D eigenvalue weighted by molar-refractivity contribution is 5.91. The zero-order valence-electron chi connectivity index (χ0n) is 17.7. The van der Waals surface area contributed by atoms with E-state index in [9.17, 15) is 40.5 Å². The molecule has 1 aliphatic heterocycles. The Morgan fingerprint density at radius 2 is 1.62 bits per heavy atom. The minimum absolute atomic E-state index is 0.232. The average molecular weight is 478 g/mol. The molecule has 0 amide bonds. The van der Waals surface area contributed by atoms with Crippen molar-refractivity contribution >= 4 is 11.0 Å². The molecule has 0 spiro atoms. The van der Waals surface area contributed by atoms with E-state index in [0.717, 1.165) is 6.07 Å². The van der Waals surface area contributed by atoms with E-state index in [1.807, 2.05) is 0 Å². The van der Waals surface area contributed by atoms with Gasteiger partial charge in [0.1, 0.15) is 41.1 Å². The minimum Gasteiger partial charge on any atom is -0.504 e. The standard InChI is InChI=1S/C22H22O12/c1-31-9-4-2-8(3-5-9)21-19(29)17(27)13-10(32-21)6-11(14(24)16(13)26)33-22-20(30)18(28)15(25)12(7-23)34-22/h2-6,12,15,18,20,22-26,28-30H,7H2,1H3. The molecule has 4 rings (SSSR count). The molecule has 12 nitrogen and oxygen atoms in total. The van der Waals surface area contributed by atoms with Gasteiger partial charge in [-0.05, 0) is 24.3 Å². The molecular formula is C22H22O12. The van der Waals surface area contributed by atoms with Crippen LogP contribution in [-0.4, -0.2) is 80.2 Å². The maximum atomic E-state index is 12.7. The van der Waals surface area contributed by atoms with Crippen LogP contribution in [0.15, 0.2) is 39.5 Å². The van der Waals surface area contributed by atoms with Crippen LogP contribution in [0.4, 0.5) is 0 Å². The topological polar surface area (TPSA) is 200 Å². The number of ether oxygens (including phenoxy) is 3. The summed E-state index contributed by atoms with van der Waals surface area (Å²) in [5.74, 6) is -2.94. The van der Waals surface area contributed by atoms with Crippen molar-refractivity contribution in [1.29, 1.82) is 0 Å². The monoisotopic (exact) mass is 478 g/mol. The summed E-state index contributed by atoms with van der Waals surface area (Å²) < 4.78 is 21.3. The molecule has 1 fully saturated rings. The summed E-state index contributed by atoms with van der Waals surface area (Å²) in [4.78, 5) is 12.7. The number of aromatic hydroxyl groups is 3. The maximum absolute atomic E-state index is 12.7. The highest BCUT2D eigenvalue weighted by Crippen LogP contribution is 2.44. The van der Waals surface area contributed by atoms with E-state index in [4.69, 9.17) is 18.6 Å². The Bertz CT molecular complexity index is 1250. The van der Waals surface area contributed by atoms with Crippen LogP contribution in [0.1, 0.15) is 0 Å². The third kappa shape index (κ3) is 3.87. The van der Waals surface area contributed by atoms with Gasteiger partial charge < -0.3 is 54.4 Å². The van der Waals surface area contributed by atoms with Crippen molar-refractivity contribution in [3.8, 4) is 40.1 Å². The van der Waals surface area contributed by atoms with Crippen LogP contribution in [0.25, 0.3) is 22.3 Å². The summed E-state index contributed by atoms with van der Waals surface area (Å²) in [7, 11) is 1.47. The summed E-state index contributed by atoms with van der Waals surface area (Å²) in [5.41, 5.74) is -1.01. The van der Waals surface area contributed by atoms with Gasteiger partial charge in [0, 0.05) is 11.6 Å². The second kappa shape index (κ2) is 9.00. The normalized spacial score (nSPS) is 24.8. The van der Waals surface area contributed by atoms with Crippen molar-refractivity contribution in [3.63, 3.8) is 0 Å². The Labute approximate surface area is 191 Å². The largest absolute Gasteiger partial charge is 0.504 e. The van der Waals surface area contributed by atoms with Crippen molar-refractivity contribution in [2.45, 2.75) is 30.7 Å². The first-order chi connectivity index (χ1) is 16.2. The van der Waals surface area contributed by atoms with Crippen LogP contribution in [0.5, 0.6) is 28.7 Å². The van der Waals surface area contributed by atoms with Gasteiger partial charge in [0.25, 0.3) is 0 Å². The van der Waals surface area contributed by atoms with E-state index in [2.05, 4.69) is 0 Å². The first kappa shape index (κ1) is 23.6. The molecule has 2 aromatic carbocycles. The molecule has 12 heteroatoms. The lowest BCUT2D eigenvalue weighted by Gasteiger charge is -2.39. The number of methoxy groups -OCH3 is 1. The Hall–Kier alpha value is -3.55. The van der Waals surface area contributed by atoms with Crippen molar-refractivity contribution < 1.29 is 54.4 Å². The van der Waals surface area contributed by atoms with Crippen LogP contribution in [0, 0.1) is 0 Å². The van der Waals surface area contributed by atoms with Crippen LogP contribution in [0.2, 0.25) is 0 Å². The fourth-order valence-corrected chi connectivity index (χ4v) is 3.61. The van der Waals surface area contributed by atoms with E-state index < -0.39 is 71.1 Å². The molecule has 5 atom stereocenters. The quantitative estimate of drug-likeness (QED) is 0.238. The summed E-state index contributed by atoms with van der Waals surface area (Å²) in [6.07, 6.45) is -8.13. The summed E-state index contributed by atoms with van der Waals surface area (Å²) in [5, 5.41) is 69.9. The molecule has 0 saturated carbocycles. The van der Waals surface area contributed by atoms with Gasteiger partial charge in [0.05, 0.1) is 13.7 Å². The maximum Gasteiger partial charge on any atom is 0.238 e. The average Bonchev–Trinajstić information content (AvgIpc) is 2.84. The summed E-state index contributed by atoms with van der Waals surface area (Å²) in [6.45, 7) is -0.709. The van der Waals surface area contributed by atoms with Gasteiger partial charge in [-0.25, -0.2) is 0 Å². The van der Waals surface area contributed by atoms with Crippen molar-refractivity contribution in [2.75, 3.05) is 13.7 Å². The molecule has 0 bridgehead atoms. The van der Waals surface area contributed by atoms with Crippen LogP contribution < -0.4 is 14.9 Å². The highest BCUT2D eigenvalue weighted by Gasteiger charge is 2.45. The fraction of sp³-hybridized carbons (Fsp3) is 0.318. The van der Waals surface area contributed by atoms with E-state index in [1.165, 1.54) is 19.2 Å². The van der Waals surface area contributed by atoms with Gasteiger partial charge in [-0.2, -0.15) is 0 Å². The van der Waals surface area contributed by atoms with Crippen LogP contribution in [-0.2, 0) is 4.74 Å². The first-order valence-corrected chi connectivity index (χ1v) is 10.0. The van der Waals surface area contributed by atoms with Gasteiger partial charge in [-0.1, -0.05) is 0 Å². The lowest BCUT2D eigenvalue weighted by Crippen LogP contribution is -2.60. The fourth-order valence-electron chi connectivity index (χ4n) is 3.61. The SMILES string of the molecule is COc1ccc(-c2oc3cc(OC4OC(CO)C(O)C(O)C4O)c(O)c(O)c3c(=O)c2O)cc1. The number of fused-ring (bicyclic) bond motifs is 1. The number of aliphatic hydroxyl groups excluding tert-OH is 4. The second-order valence-corrected chi connectivity index (χ2v) is 7.60. The third-order valence-electron chi connectivity index (χ3n) is 5.52. The number of phenols is 2. The number of benzene rings is 2. The Balaban J connectivity index is 1.79. The predicted molar refractivity (Wildman–Crippen MR) is 114 cm³/mol. The van der Waals surface area contributed by atoms with Crippen molar-refractivity contribution in [2.24, 2.45) is 0 Å². The van der Waals surface area contributed by atoms with E-state index in [-0.39, 0.29) is 11.3 Å². The Kier molecular flexibility index (Phi) is 6.25. The molecule has 2 heterocycles. The Morgan fingerprint density at radius 3 is 2.24 bits per heavy atom. The zero-order chi connectivity index (χ0) is 24.7. The van der Waals surface area contributed by atoms with Gasteiger partial charge in [0.2, 0.25) is 23.2 Å². The summed E-state index contributed by atoms with van der Waals surface area (Å²) in [6, 6.07) is 7.20. The number of hydrogen-bond acceptors (Lipinski definition) is 12. The minimum atomic E-state index is -1.79.